The molecule has 1 amide bonds. The number of likely N-dealkylation sites (N-methyl/N-ethyl adjacent to an activating group) is 1. The molecule has 0 N–H and O–H groups in total. The number of hydrogen-bond acceptors (Lipinski definition) is 6. The molecule has 0 fully saturated rings. The summed E-state index contributed by atoms with van der Waals surface area (Å²) in [6.07, 6.45) is 0. The van der Waals surface area contributed by atoms with E-state index in [1.807, 2.05) is 36.4 Å². The van der Waals surface area contributed by atoms with Crippen LogP contribution in [0.1, 0.15) is 0 Å². The van der Waals surface area contributed by atoms with Crippen molar-refractivity contribution < 1.29 is 14.3 Å². The summed E-state index contributed by atoms with van der Waals surface area (Å²) in [5, 5.41) is 9.53. The van der Waals surface area contributed by atoms with Gasteiger partial charge in [0.05, 0.1) is 7.11 Å². The van der Waals surface area contributed by atoms with Crippen molar-refractivity contribution in [2.45, 2.75) is 0 Å². The van der Waals surface area contributed by atoms with E-state index in [0.717, 1.165) is 15.0 Å². The van der Waals surface area contributed by atoms with Crippen molar-refractivity contribution in [3.63, 3.8) is 0 Å². The van der Waals surface area contributed by atoms with Crippen molar-refractivity contribution in [2.75, 3.05) is 25.7 Å². The van der Waals surface area contributed by atoms with E-state index in [-0.39, 0.29) is 12.5 Å². The largest absolute Gasteiger partial charge is 0.493 e. The topological polar surface area (TPSA) is 64.6 Å². The predicted molar refractivity (Wildman–Crippen MR) is 105 cm³/mol. The number of aromatic nitrogens is 2. The second kappa shape index (κ2) is 8.29. The number of nitrogens with zero attached hydrogens (tertiary/aromatic N) is 3. The van der Waals surface area contributed by atoms with Crippen molar-refractivity contribution in [2.24, 2.45) is 0 Å². The molecule has 0 atom stereocenters. The number of carbonyl (C=O) groups excluding carboxylic acids is 1. The number of anilines is 1. The van der Waals surface area contributed by atoms with E-state index in [1.54, 1.807) is 26.3 Å². The zero-order chi connectivity index (χ0) is 18.5. The van der Waals surface area contributed by atoms with Crippen molar-refractivity contribution in [3.8, 4) is 22.1 Å². The third-order valence-electron chi connectivity index (χ3n) is 3.59. The molecule has 0 aliphatic carbocycles. The van der Waals surface area contributed by atoms with E-state index in [1.165, 1.54) is 16.2 Å². The molecule has 0 aliphatic heterocycles. The number of para-hydroxylation sites is 2. The van der Waals surface area contributed by atoms with E-state index >= 15 is 0 Å². The lowest BCUT2D eigenvalue weighted by atomic mass is 10.2. The van der Waals surface area contributed by atoms with Crippen molar-refractivity contribution in [1.29, 1.82) is 0 Å². The van der Waals surface area contributed by atoms with Gasteiger partial charge in [-0.3, -0.25) is 9.69 Å². The molecule has 0 radical (unpaired) electrons. The minimum atomic E-state index is -0.227. The molecule has 0 aliphatic rings. The van der Waals surface area contributed by atoms with Crippen molar-refractivity contribution in [1.82, 2.24) is 10.2 Å². The zero-order valence-electron chi connectivity index (χ0n) is 14.2. The normalized spacial score (nSPS) is 10.4. The van der Waals surface area contributed by atoms with Gasteiger partial charge in [0, 0.05) is 17.1 Å². The maximum absolute atomic E-state index is 12.4. The quantitative estimate of drug-likeness (QED) is 0.587. The van der Waals surface area contributed by atoms with Gasteiger partial charge in [-0.2, -0.15) is 0 Å². The van der Waals surface area contributed by atoms with Crippen LogP contribution in [0.4, 0.5) is 5.13 Å². The van der Waals surface area contributed by atoms with E-state index in [0.29, 0.717) is 16.6 Å². The fourth-order valence-electron chi connectivity index (χ4n) is 2.14. The van der Waals surface area contributed by atoms with Gasteiger partial charge in [0.15, 0.2) is 18.1 Å². The van der Waals surface area contributed by atoms with Crippen LogP contribution in [0, 0.1) is 0 Å². The van der Waals surface area contributed by atoms with Crippen LogP contribution in [0.25, 0.3) is 10.6 Å². The first-order valence-corrected chi connectivity index (χ1v) is 9.31. The van der Waals surface area contributed by atoms with Gasteiger partial charge in [0.25, 0.3) is 5.91 Å². The highest BCUT2D eigenvalue weighted by atomic mass is 79.9. The smallest absolute Gasteiger partial charge is 0.266 e. The molecular weight excluding hydrogens is 418 g/mol. The number of halogens is 1. The van der Waals surface area contributed by atoms with Gasteiger partial charge in [0.2, 0.25) is 5.13 Å². The highest BCUT2D eigenvalue weighted by Crippen LogP contribution is 2.29. The summed E-state index contributed by atoms with van der Waals surface area (Å²) in [7, 11) is 3.21. The summed E-state index contributed by atoms with van der Waals surface area (Å²) in [5.74, 6) is 0.871. The molecule has 0 saturated carbocycles. The zero-order valence-corrected chi connectivity index (χ0v) is 16.6. The Bertz CT molecular complexity index is 899. The number of benzene rings is 2. The third-order valence-corrected chi connectivity index (χ3v) is 5.16. The maximum Gasteiger partial charge on any atom is 0.266 e. The van der Waals surface area contributed by atoms with Crippen LogP contribution < -0.4 is 14.4 Å². The number of ether oxygens (including phenoxy) is 2. The van der Waals surface area contributed by atoms with Crippen LogP contribution >= 0.6 is 27.3 Å². The van der Waals surface area contributed by atoms with Crippen LogP contribution in [-0.4, -0.2) is 36.9 Å². The third kappa shape index (κ3) is 4.20. The Morgan fingerprint density at radius 1 is 1.12 bits per heavy atom. The van der Waals surface area contributed by atoms with Gasteiger partial charge in [-0.1, -0.05) is 51.5 Å². The number of carbonyl (C=O) groups is 1. The molecule has 6 nitrogen and oxygen atoms in total. The van der Waals surface area contributed by atoms with E-state index in [4.69, 9.17) is 9.47 Å². The van der Waals surface area contributed by atoms with E-state index < -0.39 is 0 Å². The number of amides is 1. The van der Waals surface area contributed by atoms with Gasteiger partial charge >= 0.3 is 0 Å². The Hall–Kier alpha value is -2.45. The summed E-state index contributed by atoms with van der Waals surface area (Å²) in [4.78, 5) is 13.8. The molecule has 0 saturated heterocycles. The molecule has 0 bridgehead atoms. The van der Waals surface area contributed by atoms with Crippen LogP contribution in [0.3, 0.4) is 0 Å². The fraction of sp³-hybridized carbons (Fsp3) is 0.167. The molecule has 0 unspecified atom stereocenters. The highest BCUT2D eigenvalue weighted by molar-refractivity contribution is 9.10. The second-order valence-electron chi connectivity index (χ2n) is 5.29. The fourth-order valence-corrected chi connectivity index (χ4v) is 3.23. The summed E-state index contributed by atoms with van der Waals surface area (Å²) in [6, 6.07) is 15.0. The lowest BCUT2D eigenvalue weighted by molar-refractivity contribution is -0.120. The summed E-state index contributed by atoms with van der Waals surface area (Å²) in [5.41, 5.74) is 0.947. The second-order valence-corrected chi connectivity index (χ2v) is 7.16. The summed E-state index contributed by atoms with van der Waals surface area (Å²) >= 11 is 4.75. The van der Waals surface area contributed by atoms with Crippen LogP contribution in [0.15, 0.2) is 53.0 Å². The first-order chi connectivity index (χ1) is 12.6. The average molecular weight is 434 g/mol. The number of methoxy groups -OCH3 is 1. The molecule has 1 heterocycles. The van der Waals surface area contributed by atoms with E-state index in [9.17, 15) is 4.79 Å². The van der Waals surface area contributed by atoms with Crippen molar-refractivity contribution in [3.05, 3.63) is 53.0 Å². The van der Waals surface area contributed by atoms with Crippen LogP contribution in [0.2, 0.25) is 0 Å². The van der Waals surface area contributed by atoms with Gasteiger partial charge < -0.3 is 9.47 Å². The Morgan fingerprint density at radius 3 is 2.50 bits per heavy atom. The highest BCUT2D eigenvalue weighted by Gasteiger charge is 2.17. The first-order valence-electron chi connectivity index (χ1n) is 7.70. The molecule has 8 heteroatoms. The number of rotatable bonds is 6. The van der Waals surface area contributed by atoms with Crippen LogP contribution in [-0.2, 0) is 4.79 Å². The molecule has 26 heavy (non-hydrogen) atoms. The molecule has 3 rings (SSSR count). The minimum absolute atomic E-state index is 0.121. The molecule has 1 aromatic heterocycles. The summed E-state index contributed by atoms with van der Waals surface area (Å²) in [6.45, 7) is -0.121. The van der Waals surface area contributed by atoms with Gasteiger partial charge in [-0.25, -0.2) is 0 Å². The SMILES string of the molecule is COc1ccccc1OCC(=O)N(C)c1nnc(-c2ccc(Br)cc2)s1. The Balaban J connectivity index is 1.66. The molecule has 134 valence electrons. The maximum atomic E-state index is 12.4. The van der Waals surface area contributed by atoms with Gasteiger partial charge in [-0.05, 0) is 24.3 Å². The standard InChI is InChI=1S/C18H16BrN3O3S/c1-22(16(23)11-25-15-6-4-3-5-14(15)24-2)18-21-20-17(26-18)12-7-9-13(19)10-8-12/h3-10H,11H2,1-2H3. The average Bonchev–Trinajstić information content (AvgIpc) is 3.16. The molecule has 3 aromatic rings. The van der Waals surface area contributed by atoms with E-state index in [2.05, 4.69) is 26.1 Å². The molecule has 0 spiro atoms. The van der Waals surface area contributed by atoms with Gasteiger partial charge in [-0.15, -0.1) is 10.2 Å². The van der Waals surface area contributed by atoms with Crippen LogP contribution in [0.5, 0.6) is 11.5 Å². The Labute approximate surface area is 163 Å². The first kappa shape index (κ1) is 18.3. The molecule has 2 aromatic carbocycles. The molecular formula is C18H16BrN3O3S. The lowest BCUT2D eigenvalue weighted by Crippen LogP contribution is -2.31. The van der Waals surface area contributed by atoms with Crippen molar-refractivity contribution >= 4 is 38.3 Å². The number of hydrogen-bond donors (Lipinski definition) is 0. The Morgan fingerprint density at radius 2 is 1.81 bits per heavy atom. The Kier molecular flexibility index (Phi) is 5.85. The minimum Gasteiger partial charge on any atom is -0.493 e. The lowest BCUT2D eigenvalue weighted by Gasteiger charge is -2.14. The summed E-state index contributed by atoms with van der Waals surface area (Å²) < 4.78 is 11.8. The predicted octanol–water partition coefficient (Wildman–Crippen LogP) is 4.02. The van der Waals surface area contributed by atoms with Gasteiger partial charge in [0.1, 0.15) is 5.01 Å². The monoisotopic (exact) mass is 433 g/mol.